The SMILES string of the molecule is COC[C@@H](N)CN(C)c1cnc([C@H](C)OC)c(-c2c3c4cc(ccc4n2CC(F)(F)F)N2CCO[C@@H](C[C@H](NC(=O)OC(C)(C)C)C(=O)N4CCC[C@H](N4)C(=O)OCC(C)(C)C3)C2)c1. The second kappa shape index (κ2) is 19.8. The first-order valence-corrected chi connectivity index (χ1v) is 21.9. The van der Waals surface area contributed by atoms with Gasteiger partial charge in [-0.25, -0.2) is 10.2 Å². The zero-order chi connectivity index (χ0) is 46.7. The number of aromatic nitrogens is 2. The second-order valence-corrected chi connectivity index (χ2v) is 19.0. The monoisotopic (exact) mass is 902 g/mol. The molecule has 4 N–H and O–H groups in total. The molecule has 3 aliphatic rings. The summed E-state index contributed by atoms with van der Waals surface area (Å²) in [7, 11) is 4.93. The van der Waals surface area contributed by atoms with E-state index in [0.29, 0.717) is 78.2 Å². The van der Waals surface area contributed by atoms with Crippen molar-refractivity contribution in [1.29, 1.82) is 0 Å². The van der Waals surface area contributed by atoms with E-state index in [1.165, 1.54) is 16.7 Å². The maximum atomic E-state index is 14.9. The summed E-state index contributed by atoms with van der Waals surface area (Å²) in [6, 6.07) is 4.95. The van der Waals surface area contributed by atoms with Crippen LogP contribution in [0.4, 0.5) is 29.3 Å². The maximum Gasteiger partial charge on any atom is 0.408 e. The summed E-state index contributed by atoms with van der Waals surface area (Å²) in [5, 5.41) is 4.69. The number of halogens is 3. The molecule has 2 saturated heterocycles. The highest BCUT2D eigenvalue weighted by molar-refractivity contribution is 5.95. The Morgan fingerprint density at radius 2 is 1.91 bits per heavy atom. The van der Waals surface area contributed by atoms with E-state index in [-0.39, 0.29) is 38.6 Å². The van der Waals surface area contributed by atoms with Crippen molar-refractivity contribution in [3.05, 3.63) is 41.7 Å². The van der Waals surface area contributed by atoms with Gasteiger partial charge in [-0.15, -0.1) is 0 Å². The van der Waals surface area contributed by atoms with E-state index in [1.807, 2.05) is 37.9 Å². The maximum absolute atomic E-state index is 14.9. The van der Waals surface area contributed by atoms with Crippen molar-refractivity contribution >= 4 is 40.2 Å². The van der Waals surface area contributed by atoms with Crippen molar-refractivity contribution < 1.29 is 51.2 Å². The lowest BCUT2D eigenvalue weighted by molar-refractivity contribution is -0.155. The Morgan fingerprint density at radius 3 is 2.59 bits per heavy atom. The van der Waals surface area contributed by atoms with Crippen LogP contribution in [0.25, 0.3) is 22.2 Å². The van der Waals surface area contributed by atoms with Gasteiger partial charge in [0.2, 0.25) is 0 Å². The molecule has 16 nitrogen and oxygen atoms in total. The summed E-state index contributed by atoms with van der Waals surface area (Å²) >= 11 is 0. The van der Waals surface area contributed by atoms with E-state index in [9.17, 15) is 27.6 Å². The number of esters is 1. The number of rotatable bonds is 10. The number of fused-ring (bicyclic) bond motifs is 6. The molecule has 3 aromatic rings. The van der Waals surface area contributed by atoms with Crippen LogP contribution in [-0.4, -0.2) is 136 Å². The molecule has 0 spiro atoms. The first-order chi connectivity index (χ1) is 30.1. The van der Waals surface area contributed by atoms with Crippen LogP contribution < -0.4 is 26.3 Å². The van der Waals surface area contributed by atoms with Gasteiger partial charge >= 0.3 is 18.2 Å². The normalized spacial score (nSPS) is 22.1. The average molecular weight is 903 g/mol. The highest BCUT2D eigenvalue weighted by atomic mass is 19.4. The highest BCUT2D eigenvalue weighted by Crippen LogP contribution is 2.44. The molecule has 0 saturated carbocycles. The Kier molecular flexibility index (Phi) is 15.1. The first-order valence-electron chi connectivity index (χ1n) is 21.9. The zero-order valence-electron chi connectivity index (χ0n) is 38.5. The molecule has 0 aliphatic carbocycles. The van der Waals surface area contributed by atoms with Crippen molar-refractivity contribution in [2.75, 3.05) is 77.1 Å². The third-order valence-corrected chi connectivity index (χ3v) is 11.7. The van der Waals surface area contributed by atoms with Crippen LogP contribution in [0, 0.1) is 5.41 Å². The van der Waals surface area contributed by atoms with Crippen LogP contribution in [-0.2, 0) is 46.2 Å². The third-order valence-electron chi connectivity index (χ3n) is 11.7. The molecule has 6 bridgehead atoms. The number of cyclic esters (lactones) is 1. The Bertz CT molecular complexity index is 2140. The number of methoxy groups -OCH3 is 2. The smallest absolute Gasteiger partial charge is 0.408 e. The molecule has 19 heteroatoms. The Balaban J connectivity index is 1.53. The van der Waals surface area contributed by atoms with Crippen LogP contribution >= 0.6 is 0 Å². The van der Waals surface area contributed by atoms with E-state index in [4.69, 9.17) is 34.4 Å². The van der Waals surface area contributed by atoms with Crippen LogP contribution in [0.5, 0.6) is 0 Å². The van der Waals surface area contributed by atoms with Gasteiger partial charge in [-0.2, -0.15) is 13.2 Å². The molecule has 0 unspecified atom stereocenters. The topological polar surface area (TPSA) is 175 Å². The number of alkyl carbamates (subject to hydrolysis) is 1. The number of nitrogens with two attached hydrogens (primary N) is 1. The highest BCUT2D eigenvalue weighted by Gasteiger charge is 2.39. The van der Waals surface area contributed by atoms with E-state index >= 15 is 0 Å². The van der Waals surface area contributed by atoms with E-state index < -0.39 is 66.0 Å². The number of benzene rings is 1. The molecular formula is C45H65F3N8O8. The number of anilines is 2. The molecule has 2 fully saturated rings. The number of likely N-dealkylation sites (N-methyl/N-ethyl adjacent to an activating group) is 1. The molecule has 5 atom stereocenters. The fraction of sp³-hybridized carbons (Fsp3) is 0.644. The summed E-state index contributed by atoms with van der Waals surface area (Å²) in [6.45, 7) is 11.4. The van der Waals surface area contributed by atoms with Gasteiger partial charge in [0.05, 0.1) is 55.3 Å². The van der Waals surface area contributed by atoms with Gasteiger partial charge in [-0.05, 0) is 76.8 Å². The number of nitrogens with one attached hydrogen (secondary N) is 2. The van der Waals surface area contributed by atoms with Gasteiger partial charge in [-0.3, -0.25) is 19.6 Å². The summed E-state index contributed by atoms with van der Waals surface area (Å²) in [5.74, 6) is -1.04. The largest absolute Gasteiger partial charge is 0.464 e. The number of hydrazine groups is 1. The molecule has 64 heavy (non-hydrogen) atoms. The van der Waals surface area contributed by atoms with Gasteiger partial charge in [-0.1, -0.05) is 13.8 Å². The van der Waals surface area contributed by atoms with Crippen molar-refractivity contribution in [2.45, 2.75) is 116 Å². The minimum absolute atomic E-state index is 0.0737. The molecule has 2 amide bonds. The lowest BCUT2D eigenvalue weighted by atomic mass is 9.84. The van der Waals surface area contributed by atoms with Crippen LogP contribution in [0.1, 0.15) is 78.2 Å². The quantitative estimate of drug-likeness (QED) is 0.218. The molecule has 1 aromatic carbocycles. The van der Waals surface area contributed by atoms with Gasteiger partial charge in [0.15, 0.2) is 0 Å². The number of nitrogens with zero attached hydrogens (tertiary/aromatic N) is 5. The zero-order valence-corrected chi connectivity index (χ0v) is 38.5. The number of hydrogen-bond acceptors (Lipinski definition) is 13. The number of carbonyl (C=O) groups is 3. The predicted molar refractivity (Wildman–Crippen MR) is 236 cm³/mol. The number of carbonyl (C=O) groups excluding carboxylic acids is 3. The van der Waals surface area contributed by atoms with Crippen LogP contribution in [0.3, 0.4) is 0 Å². The minimum atomic E-state index is -4.62. The first kappa shape index (κ1) is 48.8. The number of hydrogen-bond donors (Lipinski definition) is 3. The second-order valence-electron chi connectivity index (χ2n) is 19.0. The summed E-state index contributed by atoms with van der Waals surface area (Å²) in [6.07, 6.45) is -3.74. The third kappa shape index (κ3) is 12.0. The summed E-state index contributed by atoms with van der Waals surface area (Å²) in [4.78, 5) is 49.9. The van der Waals surface area contributed by atoms with E-state index in [1.54, 1.807) is 53.1 Å². The standard InChI is InChI=1S/C45H65F3N8O8/c1-27(61-9)38-33(18-30(21-50-38)53(7)22-28(49)24-60-8)39-34-20-44(5,6)26-63-41(58)35-11-10-14-56(52-35)40(57)36(51-42(59)64-43(2,3)4)19-31-23-54(15-16-62-31)29-12-13-37(32(34)17-29)55(39)25-45(46,47)48/h12-13,17-18,21,27-28,31,35-36,52H,10-11,14-16,19-20,22-26,49H2,1-9H3,(H,51,59)/t27-,28-,31-,35-,36-/m0/s1. The number of alkyl halides is 3. The van der Waals surface area contributed by atoms with Crippen molar-refractivity contribution in [3.8, 4) is 11.3 Å². The predicted octanol–water partition coefficient (Wildman–Crippen LogP) is 5.49. The number of ether oxygens (including phenoxy) is 5. The van der Waals surface area contributed by atoms with Crippen molar-refractivity contribution in [3.63, 3.8) is 0 Å². The number of morpholine rings is 1. The van der Waals surface area contributed by atoms with E-state index in [2.05, 4.69) is 15.6 Å². The molecule has 354 valence electrons. The Morgan fingerprint density at radius 1 is 1.16 bits per heavy atom. The van der Waals surface area contributed by atoms with Gasteiger partial charge in [0, 0.05) is 87.5 Å². The minimum Gasteiger partial charge on any atom is -0.464 e. The molecular weight excluding hydrogens is 838 g/mol. The van der Waals surface area contributed by atoms with Gasteiger partial charge in [0.1, 0.15) is 24.2 Å². The van der Waals surface area contributed by atoms with Crippen LogP contribution in [0.2, 0.25) is 0 Å². The lowest BCUT2D eigenvalue weighted by Crippen LogP contribution is -2.61. The number of amides is 2. The lowest BCUT2D eigenvalue weighted by Gasteiger charge is -2.38. The molecule has 3 aliphatic heterocycles. The van der Waals surface area contributed by atoms with Gasteiger partial charge < -0.3 is 49.1 Å². The molecule has 2 aromatic heterocycles. The van der Waals surface area contributed by atoms with Crippen molar-refractivity contribution in [1.82, 2.24) is 25.3 Å². The fourth-order valence-corrected chi connectivity index (χ4v) is 8.69. The number of pyridine rings is 1. The molecule has 5 heterocycles. The van der Waals surface area contributed by atoms with Gasteiger partial charge in [0.25, 0.3) is 5.91 Å². The Labute approximate surface area is 373 Å². The average Bonchev–Trinajstić information content (AvgIpc) is 3.50. The Hall–Kier alpha value is -4.69. The van der Waals surface area contributed by atoms with E-state index in [0.717, 1.165) is 5.69 Å². The summed E-state index contributed by atoms with van der Waals surface area (Å²) in [5.41, 5.74) is 11.3. The van der Waals surface area contributed by atoms with Crippen molar-refractivity contribution in [2.24, 2.45) is 11.1 Å². The molecule has 6 rings (SSSR count). The molecule has 0 radical (unpaired) electrons. The van der Waals surface area contributed by atoms with Crippen LogP contribution in [0.15, 0.2) is 30.5 Å². The summed E-state index contributed by atoms with van der Waals surface area (Å²) < 4.78 is 74.8. The fourth-order valence-electron chi connectivity index (χ4n) is 8.69.